The lowest BCUT2D eigenvalue weighted by Crippen LogP contribution is -2.17. The van der Waals surface area contributed by atoms with Crippen LogP contribution < -0.4 is 0 Å². The molecule has 0 saturated carbocycles. The van der Waals surface area contributed by atoms with Gasteiger partial charge in [0.1, 0.15) is 0 Å². The largest absolute Gasteiger partial charge is 0.332 e. The lowest BCUT2D eigenvalue weighted by Gasteiger charge is -2.26. The SMILES string of the molecule is N#Cc1ccc(-c2ccccc2C2=CC(C#N)C(n3c4ccccc4c4cc(C#N)ccc43)C=C2)c(-n2c3c(c4ccccc42)CCC=C3)c1. The zero-order chi connectivity index (χ0) is 33.8. The highest BCUT2D eigenvalue weighted by Gasteiger charge is 2.28. The quantitative estimate of drug-likeness (QED) is 0.192. The van der Waals surface area contributed by atoms with Crippen LogP contribution in [0.15, 0.2) is 133 Å². The van der Waals surface area contributed by atoms with Gasteiger partial charge < -0.3 is 9.13 Å². The summed E-state index contributed by atoms with van der Waals surface area (Å²) in [6.45, 7) is 0. The summed E-state index contributed by atoms with van der Waals surface area (Å²) in [6.07, 6.45) is 12.8. The first kappa shape index (κ1) is 29.3. The molecule has 7 aromatic rings. The Kier molecular flexibility index (Phi) is 6.84. The minimum absolute atomic E-state index is 0.235. The van der Waals surface area contributed by atoms with Gasteiger partial charge in [-0.05, 0) is 83.6 Å². The van der Waals surface area contributed by atoms with Crippen LogP contribution in [0.4, 0.5) is 0 Å². The van der Waals surface area contributed by atoms with E-state index >= 15 is 0 Å². The Balaban J connectivity index is 1.20. The normalized spacial score (nSPS) is 16.5. The topological polar surface area (TPSA) is 81.2 Å². The number of aryl methyl sites for hydroxylation is 1. The van der Waals surface area contributed by atoms with E-state index in [1.54, 1.807) is 0 Å². The summed E-state index contributed by atoms with van der Waals surface area (Å²) in [4.78, 5) is 0. The number of aromatic nitrogens is 2. The lowest BCUT2D eigenvalue weighted by atomic mass is 9.85. The molecule has 2 atom stereocenters. The van der Waals surface area contributed by atoms with Crippen LogP contribution in [0.3, 0.4) is 0 Å². The van der Waals surface area contributed by atoms with Gasteiger partial charge in [0.15, 0.2) is 0 Å². The van der Waals surface area contributed by atoms with Gasteiger partial charge in [0.05, 0.1) is 52.5 Å². The summed E-state index contributed by atoms with van der Waals surface area (Å²) in [5.74, 6) is -0.441. The van der Waals surface area contributed by atoms with E-state index in [2.05, 4.69) is 118 Å². The number of benzene rings is 5. The standard InChI is InChI=1S/C45H29N5/c46-26-29-18-21-44-39(23-29)37-13-5-8-16-43(37)49(44)40-22-19-31(25-32(40)28-48)33-9-1-2-10-34(33)38-20-17-30(27-47)24-45(38)50-41-14-6-3-11-35(41)36-12-4-7-15-42(36)50/h1-3,5-11,13-25,32,40H,4,12H2. The number of hydrogen-bond acceptors (Lipinski definition) is 3. The van der Waals surface area contributed by atoms with Gasteiger partial charge >= 0.3 is 0 Å². The highest BCUT2D eigenvalue weighted by molar-refractivity contribution is 6.08. The predicted octanol–water partition coefficient (Wildman–Crippen LogP) is 10.4. The highest BCUT2D eigenvalue weighted by Crippen LogP contribution is 2.43. The van der Waals surface area contributed by atoms with E-state index in [0.29, 0.717) is 11.1 Å². The van der Waals surface area contributed by atoms with Crippen LogP contribution in [0, 0.1) is 39.9 Å². The monoisotopic (exact) mass is 639 g/mol. The maximum absolute atomic E-state index is 10.7. The number of para-hydroxylation sites is 2. The molecule has 234 valence electrons. The van der Waals surface area contributed by atoms with Crippen LogP contribution in [0.1, 0.15) is 40.4 Å². The molecule has 2 heterocycles. The molecule has 2 aliphatic carbocycles. The fourth-order valence-electron chi connectivity index (χ4n) is 8.03. The third-order valence-corrected chi connectivity index (χ3v) is 10.2. The van der Waals surface area contributed by atoms with Crippen molar-refractivity contribution in [1.29, 1.82) is 15.8 Å². The Bertz CT molecular complexity index is 2760. The Morgan fingerprint density at radius 2 is 1.32 bits per heavy atom. The van der Waals surface area contributed by atoms with Crippen molar-refractivity contribution >= 4 is 44.4 Å². The van der Waals surface area contributed by atoms with E-state index in [0.717, 1.165) is 73.8 Å². The summed E-state index contributed by atoms with van der Waals surface area (Å²) >= 11 is 0. The van der Waals surface area contributed by atoms with E-state index < -0.39 is 5.92 Å². The van der Waals surface area contributed by atoms with Gasteiger partial charge in [-0.1, -0.05) is 91.0 Å². The van der Waals surface area contributed by atoms with E-state index in [1.165, 1.54) is 10.9 Å². The van der Waals surface area contributed by atoms with Gasteiger partial charge in [0, 0.05) is 38.4 Å². The Labute approximate surface area is 289 Å². The predicted molar refractivity (Wildman–Crippen MR) is 200 cm³/mol. The first-order chi connectivity index (χ1) is 24.7. The van der Waals surface area contributed by atoms with Crippen LogP contribution in [0.5, 0.6) is 0 Å². The van der Waals surface area contributed by atoms with E-state index in [1.807, 2.05) is 48.5 Å². The van der Waals surface area contributed by atoms with E-state index in [9.17, 15) is 15.8 Å². The van der Waals surface area contributed by atoms with Gasteiger partial charge in [-0.2, -0.15) is 15.8 Å². The molecule has 0 spiro atoms. The summed E-state index contributed by atoms with van der Waals surface area (Å²) in [7, 11) is 0. The van der Waals surface area contributed by atoms with Gasteiger partial charge in [-0.15, -0.1) is 0 Å². The van der Waals surface area contributed by atoms with Gasteiger partial charge in [0.2, 0.25) is 0 Å². The number of nitriles is 3. The first-order valence-corrected chi connectivity index (χ1v) is 16.8. The highest BCUT2D eigenvalue weighted by atomic mass is 15.0. The number of fused-ring (bicyclic) bond motifs is 6. The molecule has 2 aliphatic rings. The summed E-state index contributed by atoms with van der Waals surface area (Å²) in [6, 6.07) is 43.8. The number of nitrogens with zero attached hydrogens (tertiary/aromatic N) is 5. The summed E-state index contributed by atoms with van der Waals surface area (Å²) < 4.78 is 4.55. The molecular formula is C45H29N5. The second-order valence-electron chi connectivity index (χ2n) is 12.9. The number of hydrogen-bond donors (Lipinski definition) is 0. The smallest absolute Gasteiger partial charge is 0.0992 e. The zero-order valence-corrected chi connectivity index (χ0v) is 27.1. The Morgan fingerprint density at radius 3 is 2.14 bits per heavy atom. The summed E-state index contributed by atoms with van der Waals surface area (Å²) in [5.41, 5.74) is 11.9. The second kappa shape index (κ2) is 11.7. The number of allylic oxidation sites excluding steroid dienone is 5. The van der Waals surface area contributed by atoms with Crippen molar-refractivity contribution in [1.82, 2.24) is 9.13 Å². The Hall–Kier alpha value is -6.87. The molecule has 2 aromatic heterocycles. The van der Waals surface area contributed by atoms with Gasteiger partial charge in [-0.25, -0.2) is 0 Å². The van der Waals surface area contributed by atoms with Crippen molar-refractivity contribution in [2.75, 3.05) is 0 Å². The first-order valence-electron chi connectivity index (χ1n) is 16.8. The summed E-state index contributed by atoms with van der Waals surface area (Å²) in [5, 5.41) is 33.6. The average Bonchev–Trinajstić information content (AvgIpc) is 3.70. The number of rotatable bonds is 4. The lowest BCUT2D eigenvalue weighted by molar-refractivity contribution is 0.562. The molecule has 0 aliphatic heterocycles. The van der Waals surface area contributed by atoms with Gasteiger partial charge in [-0.3, -0.25) is 0 Å². The minimum Gasteiger partial charge on any atom is -0.332 e. The Morgan fingerprint density at radius 1 is 0.620 bits per heavy atom. The zero-order valence-electron chi connectivity index (χ0n) is 27.1. The molecule has 5 nitrogen and oxygen atoms in total. The second-order valence-corrected chi connectivity index (χ2v) is 12.9. The van der Waals surface area contributed by atoms with Crippen molar-refractivity contribution < 1.29 is 0 Å². The third kappa shape index (κ3) is 4.44. The molecular weight excluding hydrogens is 611 g/mol. The van der Waals surface area contributed by atoms with Crippen LogP contribution in [-0.2, 0) is 6.42 Å². The maximum atomic E-state index is 10.7. The van der Waals surface area contributed by atoms with Gasteiger partial charge in [0.25, 0.3) is 0 Å². The molecule has 0 bridgehead atoms. The molecule has 5 aromatic carbocycles. The van der Waals surface area contributed by atoms with Crippen molar-refractivity contribution in [3.05, 3.63) is 161 Å². The van der Waals surface area contributed by atoms with Crippen molar-refractivity contribution in [2.24, 2.45) is 5.92 Å². The van der Waals surface area contributed by atoms with Crippen molar-refractivity contribution in [3.8, 4) is 35.0 Å². The molecule has 0 amide bonds. The maximum Gasteiger partial charge on any atom is 0.0992 e. The van der Waals surface area contributed by atoms with Crippen molar-refractivity contribution in [2.45, 2.75) is 18.9 Å². The molecule has 9 rings (SSSR count). The van der Waals surface area contributed by atoms with Crippen LogP contribution in [0.25, 0.3) is 61.2 Å². The van der Waals surface area contributed by atoms with Crippen molar-refractivity contribution in [3.63, 3.8) is 0 Å². The van der Waals surface area contributed by atoms with Crippen LogP contribution in [-0.4, -0.2) is 9.13 Å². The molecule has 0 N–H and O–H groups in total. The van der Waals surface area contributed by atoms with Crippen LogP contribution in [0.2, 0.25) is 0 Å². The third-order valence-electron chi connectivity index (χ3n) is 10.2. The average molecular weight is 640 g/mol. The molecule has 0 radical (unpaired) electrons. The van der Waals surface area contributed by atoms with E-state index in [-0.39, 0.29) is 6.04 Å². The minimum atomic E-state index is -0.441. The fraction of sp³-hybridized carbons (Fsp3) is 0.0889. The fourth-order valence-corrected chi connectivity index (χ4v) is 8.03. The van der Waals surface area contributed by atoms with Crippen LogP contribution >= 0.6 is 0 Å². The molecule has 0 saturated heterocycles. The molecule has 2 unspecified atom stereocenters. The van der Waals surface area contributed by atoms with E-state index in [4.69, 9.17) is 0 Å². The molecule has 50 heavy (non-hydrogen) atoms. The molecule has 0 fully saturated rings. The molecule has 5 heteroatoms.